The molecule has 0 N–H and O–H groups in total. The number of nitriles is 1. The van der Waals surface area contributed by atoms with E-state index < -0.39 is 0 Å². The summed E-state index contributed by atoms with van der Waals surface area (Å²) in [6.07, 6.45) is 3.30. The lowest BCUT2D eigenvalue weighted by Gasteiger charge is -2.13. The van der Waals surface area contributed by atoms with E-state index in [4.69, 9.17) is 5.26 Å². The summed E-state index contributed by atoms with van der Waals surface area (Å²) in [5.74, 6) is 0.561. The molecule has 1 aromatic heterocycles. The quantitative estimate of drug-likeness (QED) is 0.618. The van der Waals surface area contributed by atoms with Crippen LogP contribution in [0.3, 0.4) is 0 Å². The van der Waals surface area contributed by atoms with Crippen molar-refractivity contribution in [3.05, 3.63) is 42.1 Å². The van der Waals surface area contributed by atoms with Crippen LogP contribution >= 0.6 is 0 Å². The summed E-state index contributed by atoms with van der Waals surface area (Å²) in [6.45, 7) is 5.88. The van der Waals surface area contributed by atoms with Gasteiger partial charge in [-0.1, -0.05) is 18.2 Å². The van der Waals surface area contributed by atoms with E-state index in [0.29, 0.717) is 11.4 Å². The third kappa shape index (κ3) is 2.86. The van der Waals surface area contributed by atoms with E-state index in [-0.39, 0.29) is 0 Å². The van der Waals surface area contributed by atoms with Crippen LogP contribution in [0.4, 0.5) is 5.82 Å². The zero-order valence-electron chi connectivity index (χ0n) is 11.7. The first-order valence-electron chi connectivity index (χ1n) is 6.62. The zero-order chi connectivity index (χ0) is 14.4. The zero-order valence-corrected chi connectivity index (χ0v) is 11.7. The van der Waals surface area contributed by atoms with Crippen molar-refractivity contribution in [3.63, 3.8) is 0 Å². The first-order valence-corrected chi connectivity index (χ1v) is 6.62. The molecule has 1 aromatic carbocycles. The van der Waals surface area contributed by atoms with Crippen molar-refractivity contribution in [3.8, 4) is 11.8 Å². The van der Waals surface area contributed by atoms with Gasteiger partial charge in [0.1, 0.15) is 11.6 Å². The molecule has 0 bridgehead atoms. The van der Waals surface area contributed by atoms with Crippen molar-refractivity contribution in [2.24, 2.45) is 4.99 Å². The Kier molecular flexibility index (Phi) is 4.51. The van der Waals surface area contributed by atoms with Crippen LogP contribution in [0.1, 0.15) is 19.4 Å². The van der Waals surface area contributed by atoms with Crippen molar-refractivity contribution < 1.29 is 0 Å². The largest absolute Gasteiger partial charge is 0.363 e. The molecule has 0 unspecified atom stereocenters. The minimum absolute atomic E-state index is 0.470. The van der Waals surface area contributed by atoms with Gasteiger partial charge in [0.25, 0.3) is 0 Å². The lowest BCUT2D eigenvalue weighted by Crippen LogP contribution is -2.20. The topological polar surface area (TPSA) is 57.2 Å². The van der Waals surface area contributed by atoms with E-state index in [1.807, 2.05) is 30.3 Å². The summed E-state index contributed by atoms with van der Waals surface area (Å²) in [7, 11) is 0. The summed E-state index contributed by atoms with van der Waals surface area (Å²) in [5, 5.41) is 13.4. The van der Waals surface area contributed by atoms with E-state index in [1.165, 1.54) is 0 Å². The van der Waals surface area contributed by atoms with E-state index >= 15 is 0 Å². The van der Waals surface area contributed by atoms with Gasteiger partial charge in [0.2, 0.25) is 0 Å². The van der Waals surface area contributed by atoms with Gasteiger partial charge in [0.15, 0.2) is 5.82 Å². The summed E-state index contributed by atoms with van der Waals surface area (Å²) in [5.41, 5.74) is 1.36. The highest BCUT2D eigenvalue weighted by Gasteiger charge is 2.10. The number of aliphatic imine (C=N–C) groups is 1. The summed E-state index contributed by atoms with van der Waals surface area (Å²) < 4.78 is 1.68. The van der Waals surface area contributed by atoms with Crippen LogP contribution in [0, 0.1) is 11.3 Å². The standard InChI is InChI=1S/C15H17N5/c1-3-19(4-2)12-17-15-13(10-16)11-18-20(15)14-8-6-5-7-9-14/h5-9,11-12H,3-4H2,1-2H3/b17-12+. The fraction of sp³-hybridized carbons (Fsp3) is 0.267. The average molecular weight is 267 g/mol. The molecular weight excluding hydrogens is 250 g/mol. The van der Waals surface area contributed by atoms with Crippen molar-refractivity contribution in [1.29, 1.82) is 5.26 Å². The van der Waals surface area contributed by atoms with Crippen LogP contribution in [0.5, 0.6) is 0 Å². The average Bonchev–Trinajstić information content (AvgIpc) is 2.92. The smallest absolute Gasteiger partial charge is 0.175 e. The molecule has 0 aliphatic rings. The normalized spacial score (nSPS) is 10.7. The molecule has 20 heavy (non-hydrogen) atoms. The van der Waals surface area contributed by atoms with Gasteiger partial charge in [-0.25, -0.2) is 9.67 Å². The summed E-state index contributed by atoms with van der Waals surface area (Å²) >= 11 is 0. The number of hydrogen-bond donors (Lipinski definition) is 0. The molecule has 0 radical (unpaired) electrons. The molecule has 5 heteroatoms. The summed E-state index contributed by atoms with van der Waals surface area (Å²) in [4.78, 5) is 6.49. The molecule has 2 aromatic rings. The van der Waals surface area contributed by atoms with Crippen LogP contribution in [0.15, 0.2) is 41.5 Å². The van der Waals surface area contributed by atoms with Crippen LogP contribution in [-0.2, 0) is 0 Å². The Hall–Kier alpha value is -2.61. The Morgan fingerprint density at radius 2 is 2.00 bits per heavy atom. The predicted molar refractivity (Wildman–Crippen MR) is 79.4 cm³/mol. The Labute approximate surface area is 118 Å². The van der Waals surface area contributed by atoms with E-state index in [9.17, 15) is 0 Å². The van der Waals surface area contributed by atoms with Gasteiger partial charge >= 0.3 is 0 Å². The van der Waals surface area contributed by atoms with Gasteiger partial charge in [0, 0.05) is 13.1 Å². The maximum Gasteiger partial charge on any atom is 0.175 e. The maximum atomic E-state index is 9.17. The van der Waals surface area contributed by atoms with Crippen molar-refractivity contribution in [1.82, 2.24) is 14.7 Å². The molecule has 0 saturated heterocycles. The minimum Gasteiger partial charge on any atom is -0.363 e. The van der Waals surface area contributed by atoms with Gasteiger partial charge in [-0.2, -0.15) is 10.4 Å². The molecule has 102 valence electrons. The monoisotopic (exact) mass is 267 g/mol. The van der Waals surface area contributed by atoms with Crippen molar-refractivity contribution >= 4 is 12.2 Å². The Bertz CT molecular complexity index is 617. The molecule has 1 heterocycles. The highest BCUT2D eigenvalue weighted by Crippen LogP contribution is 2.22. The third-order valence-electron chi connectivity index (χ3n) is 3.02. The summed E-state index contributed by atoms with van der Waals surface area (Å²) in [6, 6.07) is 11.8. The number of para-hydroxylation sites is 1. The molecule has 0 aliphatic heterocycles. The van der Waals surface area contributed by atoms with Crippen LogP contribution in [0.25, 0.3) is 5.69 Å². The fourth-order valence-corrected chi connectivity index (χ4v) is 1.83. The molecule has 0 spiro atoms. The number of aromatic nitrogens is 2. The van der Waals surface area contributed by atoms with Crippen molar-refractivity contribution in [2.75, 3.05) is 13.1 Å². The lowest BCUT2D eigenvalue weighted by atomic mass is 10.3. The molecule has 0 saturated carbocycles. The minimum atomic E-state index is 0.470. The highest BCUT2D eigenvalue weighted by molar-refractivity contribution is 5.64. The van der Waals surface area contributed by atoms with Crippen LogP contribution in [0.2, 0.25) is 0 Å². The van der Waals surface area contributed by atoms with Gasteiger partial charge < -0.3 is 4.90 Å². The Morgan fingerprint density at radius 1 is 1.30 bits per heavy atom. The number of benzene rings is 1. The second-order valence-electron chi connectivity index (χ2n) is 4.21. The second kappa shape index (κ2) is 6.53. The maximum absolute atomic E-state index is 9.17. The lowest BCUT2D eigenvalue weighted by molar-refractivity contribution is 0.479. The molecule has 5 nitrogen and oxygen atoms in total. The van der Waals surface area contributed by atoms with E-state index in [1.54, 1.807) is 17.2 Å². The molecule has 2 rings (SSSR count). The number of rotatable bonds is 5. The Balaban J connectivity index is 2.41. The number of hydrogen-bond acceptors (Lipinski definition) is 3. The molecule has 0 fully saturated rings. The van der Waals surface area contributed by atoms with Gasteiger partial charge in [-0.15, -0.1) is 0 Å². The van der Waals surface area contributed by atoms with Crippen LogP contribution < -0.4 is 0 Å². The van der Waals surface area contributed by atoms with Gasteiger partial charge in [0.05, 0.1) is 18.2 Å². The number of nitrogens with zero attached hydrogens (tertiary/aromatic N) is 5. The first-order chi connectivity index (χ1) is 9.80. The van der Waals surface area contributed by atoms with Crippen LogP contribution in [-0.4, -0.2) is 34.1 Å². The fourth-order valence-electron chi connectivity index (χ4n) is 1.83. The molecular formula is C15H17N5. The predicted octanol–water partition coefficient (Wildman–Crippen LogP) is 2.75. The first kappa shape index (κ1) is 13.8. The second-order valence-corrected chi connectivity index (χ2v) is 4.21. The van der Waals surface area contributed by atoms with E-state index in [2.05, 4.69) is 34.9 Å². The molecule has 0 amide bonds. The molecule has 0 aliphatic carbocycles. The third-order valence-corrected chi connectivity index (χ3v) is 3.02. The Morgan fingerprint density at radius 3 is 2.60 bits per heavy atom. The van der Waals surface area contributed by atoms with Gasteiger partial charge in [-0.05, 0) is 26.0 Å². The van der Waals surface area contributed by atoms with E-state index in [0.717, 1.165) is 18.8 Å². The SMILES string of the molecule is CCN(/C=N/c1c(C#N)cnn1-c1ccccc1)CC. The van der Waals surface area contributed by atoms with Gasteiger partial charge in [-0.3, -0.25) is 0 Å². The highest BCUT2D eigenvalue weighted by atomic mass is 15.3. The molecule has 0 atom stereocenters. The van der Waals surface area contributed by atoms with Crippen molar-refractivity contribution in [2.45, 2.75) is 13.8 Å².